The summed E-state index contributed by atoms with van der Waals surface area (Å²) in [5.41, 5.74) is 0.584. The summed E-state index contributed by atoms with van der Waals surface area (Å²) in [7, 11) is 0. The maximum atomic E-state index is 11.2. The van der Waals surface area contributed by atoms with E-state index in [1.807, 2.05) is 0 Å². The zero-order valence-electron chi connectivity index (χ0n) is 8.40. The standard InChI is InChI=1S/C10H10N2O4/c13-9-3-1-2-6-7(11-9)4-5-8(10(6)14)12(15)16/h4-5,14H,1-3H2,(H,11,13). The molecular weight excluding hydrogens is 212 g/mol. The van der Waals surface area contributed by atoms with Crippen LogP contribution in [0.3, 0.4) is 0 Å². The van der Waals surface area contributed by atoms with Crippen LogP contribution in [0.25, 0.3) is 0 Å². The summed E-state index contributed by atoms with van der Waals surface area (Å²) < 4.78 is 0. The molecule has 0 aliphatic carbocycles. The van der Waals surface area contributed by atoms with Crippen LogP contribution in [0, 0.1) is 10.1 Å². The van der Waals surface area contributed by atoms with E-state index >= 15 is 0 Å². The molecule has 0 saturated heterocycles. The fourth-order valence-corrected chi connectivity index (χ4v) is 1.78. The Hall–Kier alpha value is -2.11. The van der Waals surface area contributed by atoms with Gasteiger partial charge in [-0.2, -0.15) is 0 Å². The molecule has 1 aliphatic heterocycles. The molecule has 6 nitrogen and oxygen atoms in total. The van der Waals surface area contributed by atoms with Gasteiger partial charge in [0.05, 0.1) is 4.92 Å². The van der Waals surface area contributed by atoms with Crippen molar-refractivity contribution in [3.05, 3.63) is 27.8 Å². The number of phenols is 1. The third-order valence-electron chi connectivity index (χ3n) is 2.56. The van der Waals surface area contributed by atoms with Gasteiger partial charge in [-0.15, -0.1) is 0 Å². The maximum Gasteiger partial charge on any atom is 0.311 e. The maximum absolute atomic E-state index is 11.2. The van der Waals surface area contributed by atoms with E-state index in [1.54, 1.807) is 0 Å². The monoisotopic (exact) mass is 222 g/mol. The number of nitro benzene ring substituents is 1. The lowest BCUT2D eigenvalue weighted by atomic mass is 10.1. The van der Waals surface area contributed by atoms with Crippen LogP contribution in [0.2, 0.25) is 0 Å². The number of carbonyl (C=O) groups excluding carboxylic acids is 1. The first-order valence-corrected chi connectivity index (χ1v) is 4.88. The van der Waals surface area contributed by atoms with Crippen molar-refractivity contribution in [2.24, 2.45) is 0 Å². The molecule has 0 unspecified atom stereocenters. The molecule has 0 bridgehead atoms. The molecule has 1 aliphatic rings. The zero-order chi connectivity index (χ0) is 11.7. The first kappa shape index (κ1) is 10.4. The third kappa shape index (κ3) is 1.69. The Labute approximate surface area is 91.0 Å². The van der Waals surface area contributed by atoms with E-state index in [0.717, 1.165) is 0 Å². The molecule has 0 aromatic heterocycles. The summed E-state index contributed by atoms with van der Waals surface area (Å²) >= 11 is 0. The van der Waals surface area contributed by atoms with E-state index < -0.39 is 4.92 Å². The minimum Gasteiger partial charge on any atom is -0.502 e. The molecule has 6 heteroatoms. The van der Waals surface area contributed by atoms with Crippen molar-refractivity contribution in [1.82, 2.24) is 0 Å². The van der Waals surface area contributed by atoms with Gasteiger partial charge in [0, 0.05) is 23.7 Å². The summed E-state index contributed by atoms with van der Waals surface area (Å²) in [5.74, 6) is -0.475. The first-order chi connectivity index (χ1) is 7.59. The van der Waals surface area contributed by atoms with Gasteiger partial charge in [0.15, 0.2) is 5.75 Å². The number of aromatic hydroxyl groups is 1. The summed E-state index contributed by atoms with van der Waals surface area (Å²) in [6.45, 7) is 0. The average molecular weight is 222 g/mol. The fourth-order valence-electron chi connectivity index (χ4n) is 1.78. The summed E-state index contributed by atoms with van der Waals surface area (Å²) in [6.07, 6.45) is 1.40. The molecule has 0 fully saturated rings. The molecule has 0 saturated carbocycles. The van der Waals surface area contributed by atoms with Crippen LogP contribution in [0.5, 0.6) is 5.75 Å². The molecule has 1 amide bonds. The molecule has 0 spiro atoms. The second-order valence-corrected chi connectivity index (χ2v) is 3.62. The molecule has 16 heavy (non-hydrogen) atoms. The third-order valence-corrected chi connectivity index (χ3v) is 2.56. The van der Waals surface area contributed by atoms with Crippen molar-refractivity contribution >= 4 is 17.3 Å². The Morgan fingerprint density at radius 3 is 2.81 bits per heavy atom. The summed E-state index contributed by atoms with van der Waals surface area (Å²) in [4.78, 5) is 21.2. The van der Waals surface area contributed by atoms with Gasteiger partial charge in [0.2, 0.25) is 5.91 Å². The average Bonchev–Trinajstić information content (AvgIpc) is 2.39. The second kappa shape index (κ2) is 3.80. The number of benzene rings is 1. The lowest BCUT2D eigenvalue weighted by Gasteiger charge is -2.08. The van der Waals surface area contributed by atoms with Crippen molar-refractivity contribution in [2.45, 2.75) is 19.3 Å². The van der Waals surface area contributed by atoms with Gasteiger partial charge < -0.3 is 10.4 Å². The smallest absolute Gasteiger partial charge is 0.311 e. The molecule has 0 radical (unpaired) electrons. The van der Waals surface area contributed by atoms with Crippen molar-refractivity contribution < 1.29 is 14.8 Å². The Balaban J connectivity index is 2.52. The van der Waals surface area contributed by atoms with Crippen LogP contribution in [0.4, 0.5) is 11.4 Å². The van der Waals surface area contributed by atoms with Gasteiger partial charge in [-0.1, -0.05) is 0 Å². The fraction of sp³-hybridized carbons (Fsp3) is 0.300. The molecule has 2 rings (SSSR count). The SMILES string of the molecule is O=C1CCCc2c(ccc([N+](=O)[O-])c2O)N1. The van der Waals surface area contributed by atoms with E-state index in [0.29, 0.717) is 30.5 Å². The molecule has 84 valence electrons. The number of rotatable bonds is 1. The lowest BCUT2D eigenvalue weighted by molar-refractivity contribution is -0.385. The van der Waals surface area contributed by atoms with E-state index in [1.165, 1.54) is 12.1 Å². The van der Waals surface area contributed by atoms with Crippen molar-refractivity contribution in [3.8, 4) is 5.75 Å². The van der Waals surface area contributed by atoms with E-state index in [-0.39, 0.29) is 17.3 Å². The Bertz CT molecular complexity index is 470. The molecule has 2 N–H and O–H groups in total. The highest BCUT2D eigenvalue weighted by atomic mass is 16.6. The minimum atomic E-state index is -0.637. The van der Waals surface area contributed by atoms with Crippen LogP contribution < -0.4 is 5.32 Å². The number of amides is 1. The zero-order valence-corrected chi connectivity index (χ0v) is 8.40. The second-order valence-electron chi connectivity index (χ2n) is 3.62. The highest BCUT2D eigenvalue weighted by Crippen LogP contribution is 2.37. The first-order valence-electron chi connectivity index (χ1n) is 4.88. The summed E-state index contributed by atoms with van der Waals surface area (Å²) in [5, 5.41) is 22.9. The summed E-state index contributed by atoms with van der Waals surface area (Å²) in [6, 6.07) is 2.65. The lowest BCUT2D eigenvalue weighted by Crippen LogP contribution is -2.09. The van der Waals surface area contributed by atoms with Crippen LogP contribution >= 0.6 is 0 Å². The molecule has 0 atom stereocenters. The minimum absolute atomic E-state index is 0.132. The van der Waals surface area contributed by atoms with Crippen LogP contribution in [0.15, 0.2) is 12.1 Å². The number of carbonyl (C=O) groups is 1. The van der Waals surface area contributed by atoms with Gasteiger partial charge in [0.25, 0.3) is 0 Å². The van der Waals surface area contributed by atoms with Gasteiger partial charge in [-0.05, 0) is 18.9 Å². The Morgan fingerprint density at radius 2 is 2.12 bits per heavy atom. The highest BCUT2D eigenvalue weighted by molar-refractivity contribution is 5.93. The number of anilines is 1. The number of hydrogen-bond donors (Lipinski definition) is 2. The number of phenolic OH excluding ortho intramolecular Hbond substituents is 1. The van der Waals surface area contributed by atoms with Crippen LogP contribution in [-0.2, 0) is 11.2 Å². The quantitative estimate of drug-likeness (QED) is 0.557. The topological polar surface area (TPSA) is 92.5 Å². The number of nitrogens with one attached hydrogen (secondary N) is 1. The number of nitrogens with zero attached hydrogens (tertiary/aromatic N) is 1. The van der Waals surface area contributed by atoms with Gasteiger partial charge >= 0.3 is 5.69 Å². The Morgan fingerprint density at radius 1 is 1.38 bits per heavy atom. The largest absolute Gasteiger partial charge is 0.502 e. The molecule has 1 heterocycles. The Kier molecular flexibility index (Phi) is 2.47. The molecule has 1 aromatic carbocycles. The normalized spacial score (nSPS) is 14.9. The predicted molar refractivity (Wildman–Crippen MR) is 56.3 cm³/mol. The van der Waals surface area contributed by atoms with Gasteiger partial charge in [0.1, 0.15) is 0 Å². The van der Waals surface area contributed by atoms with Crippen molar-refractivity contribution in [1.29, 1.82) is 0 Å². The predicted octanol–water partition coefficient (Wildman–Crippen LogP) is 1.58. The molecule has 1 aromatic rings. The van der Waals surface area contributed by atoms with E-state index in [4.69, 9.17) is 0 Å². The molecular formula is C10H10N2O4. The number of hydrogen-bond acceptors (Lipinski definition) is 4. The number of fused-ring (bicyclic) bond motifs is 1. The highest BCUT2D eigenvalue weighted by Gasteiger charge is 2.22. The van der Waals surface area contributed by atoms with Crippen LogP contribution in [0.1, 0.15) is 18.4 Å². The van der Waals surface area contributed by atoms with Crippen molar-refractivity contribution in [3.63, 3.8) is 0 Å². The van der Waals surface area contributed by atoms with E-state index in [2.05, 4.69) is 5.32 Å². The van der Waals surface area contributed by atoms with Gasteiger partial charge in [-0.3, -0.25) is 14.9 Å². The number of nitro groups is 1. The van der Waals surface area contributed by atoms with Crippen molar-refractivity contribution in [2.75, 3.05) is 5.32 Å². The van der Waals surface area contributed by atoms with Gasteiger partial charge in [-0.25, -0.2) is 0 Å². The van der Waals surface area contributed by atoms with E-state index in [9.17, 15) is 20.0 Å². The van der Waals surface area contributed by atoms with Crippen LogP contribution in [-0.4, -0.2) is 15.9 Å².